The number of nitrogens with zero attached hydrogens (tertiary/aromatic N) is 2. The number of carbonyl (C=O) groups is 2. The minimum atomic E-state index is -0.379. The Bertz CT molecular complexity index is 951. The third-order valence-electron chi connectivity index (χ3n) is 4.22. The maximum atomic E-state index is 12.9. The van der Waals surface area contributed by atoms with Gasteiger partial charge in [-0.25, -0.2) is 9.37 Å². The van der Waals surface area contributed by atoms with E-state index in [0.29, 0.717) is 24.9 Å². The number of para-hydroxylation sites is 2. The second-order valence-electron chi connectivity index (χ2n) is 6.05. The number of halogens is 1. The summed E-state index contributed by atoms with van der Waals surface area (Å²) < 4.78 is 19.5. The summed E-state index contributed by atoms with van der Waals surface area (Å²) in [5.41, 5.74) is 2.09. The van der Waals surface area contributed by atoms with Crippen LogP contribution >= 0.6 is 0 Å². The van der Waals surface area contributed by atoms with Crippen molar-refractivity contribution in [3.8, 4) is 0 Å². The molecule has 0 aliphatic rings. The van der Waals surface area contributed by atoms with Crippen LogP contribution in [-0.4, -0.2) is 35.1 Å². The van der Waals surface area contributed by atoms with E-state index in [-0.39, 0.29) is 24.2 Å². The van der Waals surface area contributed by atoms with Gasteiger partial charge in [0.1, 0.15) is 18.2 Å². The molecule has 0 fully saturated rings. The van der Waals surface area contributed by atoms with Gasteiger partial charge in [-0.05, 0) is 42.8 Å². The summed E-state index contributed by atoms with van der Waals surface area (Å²) in [5, 5.41) is 2.80. The molecule has 6 nitrogen and oxygen atoms in total. The number of benzene rings is 2. The molecule has 1 heterocycles. The smallest absolute Gasteiger partial charge is 0.325 e. The van der Waals surface area contributed by atoms with Gasteiger partial charge < -0.3 is 14.6 Å². The third kappa shape index (κ3) is 4.49. The van der Waals surface area contributed by atoms with Crippen LogP contribution in [0, 0.1) is 5.82 Å². The number of imidazole rings is 1. The zero-order chi connectivity index (χ0) is 19.2. The van der Waals surface area contributed by atoms with Crippen LogP contribution in [0.1, 0.15) is 22.6 Å². The largest absolute Gasteiger partial charge is 0.468 e. The average Bonchev–Trinajstić information content (AvgIpc) is 3.03. The molecule has 0 atom stereocenters. The average molecular weight is 369 g/mol. The predicted octanol–water partition coefficient (Wildman–Crippen LogP) is 2.71. The predicted molar refractivity (Wildman–Crippen MR) is 98.8 cm³/mol. The molecule has 1 aromatic heterocycles. The number of hydrogen-bond acceptors (Lipinski definition) is 4. The van der Waals surface area contributed by atoms with E-state index in [0.717, 1.165) is 16.9 Å². The number of esters is 1. The Kier molecular flexibility index (Phi) is 5.80. The zero-order valence-corrected chi connectivity index (χ0v) is 14.9. The molecule has 0 unspecified atom stereocenters. The number of hydrogen-bond donors (Lipinski definition) is 1. The number of carbonyl (C=O) groups excluding carboxylic acids is 2. The van der Waals surface area contributed by atoms with Crippen molar-refractivity contribution in [2.24, 2.45) is 0 Å². The fourth-order valence-electron chi connectivity index (χ4n) is 2.84. The van der Waals surface area contributed by atoms with Gasteiger partial charge in [-0.1, -0.05) is 12.1 Å². The summed E-state index contributed by atoms with van der Waals surface area (Å²) in [6.07, 6.45) is 1.24. The van der Waals surface area contributed by atoms with Gasteiger partial charge in [0.05, 0.1) is 18.1 Å². The maximum Gasteiger partial charge on any atom is 0.325 e. The summed E-state index contributed by atoms with van der Waals surface area (Å²) in [6, 6.07) is 13.0. The molecule has 0 bridgehead atoms. The Labute approximate surface area is 156 Å². The van der Waals surface area contributed by atoms with Gasteiger partial charge in [-0.3, -0.25) is 9.59 Å². The first-order valence-corrected chi connectivity index (χ1v) is 8.63. The second kappa shape index (κ2) is 8.44. The zero-order valence-electron chi connectivity index (χ0n) is 14.9. The molecular weight excluding hydrogens is 349 g/mol. The van der Waals surface area contributed by atoms with Crippen molar-refractivity contribution in [3.05, 3.63) is 65.7 Å². The van der Waals surface area contributed by atoms with E-state index in [1.807, 2.05) is 28.8 Å². The van der Waals surface area contributed by atoms with Crippen LogP contribution in [0.25, 0.3) is 11.0 Å². The molecule has 0 saturated heterocycles. The SMILES string of the molecule is COC(=O)Cn1c(CCCNC(=O)c2ccc(F)cc2)nc2ccccc21. The lowest BCUT2D eigenvalue weighted by Crippen LogP contribution is -2.25. The monoisotopic (exact) mass is 369 g/mol. The molecule has 2 aromatic carbocycles. The van der Waals surface area contributed by atoms with Crippen molar-refractivity contribution in [3.63, 3.8) is 0 Å². The Balaban J connectivity index is 1.62. The molecule has 3 aromatic rings. The van der Waals surface area contributed by atoms with Crippen LogP contribution in [0.3, 0.4) is 0 Å². The minimum absolute atomic E-state index is 0.0916. The van der Waals surface area contributed by atoms with Crippen molar-refractivity contribution in [2.75, 3.05) is 13.7 Å². The van der Waals surface area contributed by atoms with Crippen molar-refractivity contribution in [1.29, 1.82) is 0 Å². The molecule has 7 heteroatoms. The normalized spacial score (nSPS) is 10.7. The van der Waals surface area contributed by atoms with Crippen molar-refractivity contribution < 1.29 is 18.7 Å². The number of ether oxygens (including phenoxy) is 1. The highest BCUT2D eigenvalue weighted by Crippen LogP contribution is 2.17. The van der Waals surface area contributed by atoms with Crippen molar-refractivity contribution in [2.45, 2.75) is 19.4 Å². The number of rotatable bonds is 7. The molecular formula is C20H20FN3O3. The Hall–Kier alpha value is -3.22. The van der Waals surface area contributed by atoms with Gasteiger partial charge in [0.15, 0.2) is 0 Å². The molecule has 0 saturated carbocycles. The molecule has 27 heavy (non-hydrogen) atoms. The first-order chi connectivity index (χ1) is 13.1. The van der Waals surface area contributed by atoms with Gasteiger partial charge in [0.25, 0.3) is 5.91 Å². The van der Waals surface area contributed by atoms with E-state index in [4.69, 9.17) is 4.74 Å². The number of amides is 1. The lowest BCUT2D eigenvalue weighted by Gasteiger charge is -2.08. The number of fused-ring (bicyclic) bond motifs is 1. The van der Waals surface area contributed by atoms with Gasteiger partial charge in [-0.2, -0.15) is 0 Å². The summed E-state index contributed by atoms with van der Waals surface area (Å²) in [6.45, 7) is 0.534. The van der Waals surface area contributed by atoms with Gasteiger partial charge in [-0.15, -0.1) is 0 Å². The topological polar surface area (TPSA) is 73.2 Å². The maximum absolute atomic E-state index is 12.9. The van der Waals surface area contributed by atoms with E-state index < -0.39 is 0 Å². The van der Waals surface area contributed by atoms with Crippen LogP contribution in [0.2, 0.25) is 0 Å². The van der Waals surface area contributed by atoms with Gasteiger partial charge in [0.2, 0.25) is 0 Å². The Morgan fingerprint density at radius 2 is 1.89 bits per heavy atom. The van der Waals surface area contributed by atoms with Crippen LogP contribution < -0.4 is 5.32 Å². The molecule has 0 spiro atoms. The quantitative estimate of drug-likeness (QED) is 0.513. The highest BCUT2D eigenvalue weighted by atomic mass is 19.1. The fourth-order valence-corrected chi connectivity index (χ4v) is 2.84. The molecule has 0 aliphatic carbocycles. The number of aryl methyl sites for hydroxylation is 1. The summed E-state index contributed by atoms with van der Waals surface area (Å²) in [7, 11) is 1.35. The molecule has 1 amide bonds. The summed E-state index contributed by atoms with van der Waals surface area (Å²) in [4.78, 5) is 28.3. The Morgan fingerprint density at radius 1 is 1.15 bits per heavy atom. The number of methoxy groups -OCH3 is 1. The standard InChI is InChI=1S/C20H20FN3O3/c1-27-19(25)13-24-17-6-3-2-5-16(17)23-18(24)7-4-12-22-20(26)14-8-10-15(21)11-9-14/h2-3,5-6,8-11H,4,7,12-13H2,1H3,(H,22,26). The molecule has 0 radical (unpaired) electrons. The van der Waals surface area contributed by atoms with Crippen molar-refractivity contribution >= 4 is 22.9 Å². The van der Waals surface area contributed by atoms with Gasteiger partial charge in [0, 0.05) is 18.5 Å². The molecule has 3 rings (SSSR count). The van der Waals surface area contributed by atoms with Crippen LogP contribution in [0.15, 0.2) is 48.5 Å². The highest BCUT2D eigenvalue weighted by Gasteiger charge is 2.13. The van der Waals surface area contributed by atoms with Crippen LogP contribution in [0.4, 0.5) is 4.39 Å². The molecule has 140 valence electrons. The summed E-state index contributed by atoms with van der Waals surface area (Å²) in [5.74, 6) is -0.212. The van der Waals surface area contributed by atoms with E-state index >= 15 is 0 Å². The molecule has 1 N–H and O–H groups in total. The highest BCUT2D eigenvalue weighted by molar-refractivity contribution is 5.94. The summed E-state index contributed by atoms with van der Waals surface area (Å²) >= 11 is 0. The lowest BCUT2D eigenvalue weighted by molar-refractivity contribution is -0.141. The van der Waals surface area contributed by atoms with E-state index in [9.17, 15) is 14.0 Å². The lowest BCUT2D eigenvalue weighted by atomic mass is 10.2. The number of aromatic nitrogens is 2. The first kappa shape index (κ1) is 18.6. The van der Waals surface area contributed by atoms with Crippen LogP contribution in [0.5, 0.6) is 0 Å². The van der Waals surface area contributed by atoms with Gasteiger partial charge >= 0.3 is 5.97 Å². The Morgan fingerprint density at radius 3 is 2.63 bits per heavy atom. The molecule has 0 aliphatic heterocycles. The third-order valence-corrected chi connectivity index (χ3v) is 4.22. The fraction of sp³-hybridized carbons (Fsp3) is 0.250. The number of nitrogens with one attached hydrogen (secondary N) is 1. The first-order valence-electron chi connectivity index (χ1n) is 8.63. The van der Waals surface area contributed by atoms with E-state index in [1.165, 1.54) is 31.4 Å². The van der Waals surface area contributed by atoms with E-state index in [1.54, 1.807) is 0 Å². The van der Waals surface area contributed by atoms with E-state index in [2.05, 4.69) is 10.3 Å². The second-order valence-corrected chi connectivity index (χ2v) is 6.05. The van der Waals surface area contributed by atoms with Crippen LogP contribution in [-0.2, 0) is 22.5 Å². The minimum Gasteiger partial charge on any atom is -0.468 e. The van der Waals surface area contributed by atoms with Crippen molar-refractivity contribution in [1.82, 2.24) is 14.9 Å².